The molecule has 2 fully saturated rings. The largest absolute Gasteiger partial charge is 0.381 e. The van der Waals surface area contributed by atoms with Crippen molar-refractivity contribution < 1.29 is 4.74 Å². The van der Waals surface area contributed by atoms with Crippen LogP contribution in [-0.2, 0) is 4.74 Å². The van der Waals surface area contributed by atoms with Crippen LogP contribution in [0.4, 0.5) is 0 Å². The fourth-order valence-electron chi connectivity index (χ4n) is 3.46. The Morgan fingerprint density at radius 3 is 2.59 bits per heavy atom. The normalized spacial score (nSPS) is 31.2. The first-order valence-electron chi connectivity index (χ1n) is 7.31. The number of ether oxygens (including phenoxy) is 1. The molecule has 1 saturated carbocycles. The first-order valence-corrected chi connectivity index (χ1v) is 7.31. The summed E-state index contributed by atoms with van der Waals surface area (Å²) in [6, 6.07) is 0.811. The first kappa shape index (κ1) is 13.3. The standard InChI is InChI=1S/C14H28N2O/c1-2-16(13-6-3-4-7-13)11-14(10-15)8-5-9-17-12-14/h13H,2-12,15H2,1H3. The Balaban J connectivity index is 1.94. The maximum absolute atomic E-state index is 6.03. The van der Waals surface area contributed by atoms with Gasteiger partial charge in [0.05, 0.1) is 6.61 Å². The SMILES string of the molecule is CCN(CC1(CN)CCCOC1)C1CCCC1. The topological polar surface area (TPSA) is 38.5 Å². The van der Waals surface area contributed by atoms with E-state index in [4.69, 9.17) is 10.5 Å². The highest BCUT2D eigenvalue weighted by molar-refractivity contribution is 4.89. The average Bonchev–Trinajstić information content (AvgIpc) is 2.91. The average molecular weight is 240 g/mol. The van der Waals surface area contributed by atoms with Crippen LogP contribution < -0.4 is 5.73 Å². The Kier molecular flexibility index (Phi) is 4.83. The lowest BCUT2D eigenvalue weighted by Gasteiger charge is -2.41. The zero-order valence-electron chi connectivity index (χ0n) is 11.3. The van der Waals surface area contributed by atoms with Gasteiger partial charge in [-0.25, -0.2) is 0 Å². The van der Waals surface area contributed by atoms with Crippen LogP contribution in [0.15, 0.2) is 0 Å². The maximum atomic E-state index is 6.03. The highest BCUT2D eigenvalue weighted by Gasteiger charge is 2.35. The van der Waals surface area contributed by atoms with Gasteiger partial charge in [0.1, 0.15) is 0 Å². The van der Waals surface area contributed by atoms with Gasteiger partial charge in [-0.05, 0) is 32.2 Å². The van der Waals surface area contributed by atoms with Crippen molar-refractivity contribution in [3.63, 3.8) is 0 Å². The van der Waals surface area contributed by atoms with Crippen molar-refractivity contribution in [2.75, 3.05) is 32.8 Å². The molecule has 1 aliphatic carbocycles. The maximum Gasteiger partial charge on any atom is 0.0546 e. The van der Waals surface area contributed by atoms with Crippen LogP contribution >= 0.6 is 0 Å². The third-order valence-electron chi connectivity index (χ3n) is 4.62. The van der Waals surface area contributed by atoms with Gasteiger partial charge in [-0.15, -0.1) is 0 Å². The minimum Gasteiger partial charge on any atom is -0.381 e. The first-order chi connectivity index (χ1) is 8.29. The molecule has 2 N–H and O–H groups in total. The summed E-state index contributed by atoms with van der Waals surface area (Å²) < 4.78 is 5.68. The number of rotatable bonds is 5. The van der Waals surface area contributed by atoms with Crippen molar-refractivity contribution in [2.45, 2.75) is 51.5 Å². The van der Waals surface area contributed by atoms with Gasteiger partial charge in [-0.3, -0.25) is 4.90 Å². The molecule has 3 heteroatoms. The molecule has 2 aliphatic rings. The van der Waals surface area contributed by atoms with Crippen LogP contribution in [-0.4, -0.2) is 43.8 Å². The lowest BCUT2D eigenvalue weighted by Crippen LogP contribution is -2.50. The number of nitrogens with two attached hydrogens (primary N) is 1. The van der Waals surface area contributed by atoms with E-state index in [-0.39, 0.29) is 5.41 Å². The van der Waals surface area contributed by atoms with Crippen molar-refractivity contribution in [2.24, 2.45) is 11.1 Å². The zero-order chi connectivity index (χ0) is 12.1. The molecule has 0 radical (unpaired) electrons. The molecule has 1 atom stereocenters. The van der Waals surface area contributed by atoms with Gasteiger partial charge in [0.15, 0.2) is 0 Å². The third-order valence-corrected chi connectivity index (χ3v) is 4.62. The minimum absolute atomic E-state index is 0.233. The number of hydrogen-bond donors (Lipinski definition) is 1. The monoisotopic (exact) mass is 240 g/mol. The van der Waals surface area contributed by atoms with Crippen LogP contribution in [0, 0.1) is 5.41 Å². The van der Waals surface area contributed by atoms with Crippen molar-refractivity contribution >= 4 is 0 Å². The molecule has 0 aromatic carbocycles. The van der Waals surface area contributed by atoms with Crippen molar-refractivity contribution in [3.8, 4) is 0 Å². The Bertz CT molecular complexity index is 220. The van der Waals surface area contributed by atoms with E-state index in [1.165, 1.54) is 38.5 Å². The quantitative estimate of drug-likeness (QED) is 0.799. The van der Waals surface area contributed by atoms with Crippen LogP contribution in [0.3, 0.4) is 0 Å². The molecule has 1 saturated heterocycles. The highest BCUT2D eigenvalue weighted by atomic mass is 16.5. The molecule has 0 aromatic heterocycles. The smallest absolute Gasteiger partial charge is 0.0546 e. The van der Waals surface area contributed by atoms with Crippen LogP contribution in [0.1, 0.15) is 45.4 Å². The molecule has 17 heavy (non-hydrogen) atoms. The molecule has 1 unspecified atom stereocenters. The summed E-state index contributed by atoms with van der Waals surface area (Å²) in [7, 11) is 0. The number of nitrogens with zero attached hydrogens (tertiary/aromatic N) is 1. The van der Waals surface area contributed by atoms with Gasteiger partial charge in [-0.2, -0.15) is 0 Å². The van der Waals surface area contributed by atoms with E-state index in [1.54, 1.807) is 0 Å². The molecule has 0 aromatic rings. The van der Waals surface area contributed by atoms with Gasteiger partial charge in [-0.1, -0.05) is 19.8 Å². The molecular formula is C14H28N2O. The van der Waals surface area contributed by atoms with Gasteiger partial charge in [0.25, 0.3) is 0 Å². The van der Waals surface area contributed by atoms with E-state index in [2.05, 4.69) is 11.8 Å². The Morgan fingerprint density at radius 2 is 2.06 bits per heavy atom. The van der Waals surface area contributed by atoms with Gasteiger partial charge >= 0.3 is 0 Å². The summed E-state index contributed by atoms with van der Waals surface area (Å²) in [4.78, 5) is 2.66. The van der Waals surface area contributed by atoms with E-state index >= 15 is 0 Å². The summed E-state index contributed by atoms with van der Waals surface area (Å²) in [6.07, 6.45) is 8.01. The third kappa shape index (κ3) is 3.21. The second-order valence-corrected chi connectivity index (χ2v) is 5.86. The molecule has 0 bridgehead atoms. The summed E-state index contributed by atoms with van der Waals surface area (Å²) >= 11 is 0. The van der Waals surface area contributed by atoms with Gasteiger partial charge in [0, 0.05) is 31.2 Å². The fourth-order valence-corrected chi connectivity index (χ4v) is 3.46. The molecule has 0 spiro atoms. The molecular weight excluding hydrogens is 212 g/mol. The molecule has 1 aliphatic heterocycles. The lowest BCUT2D eigenvalue weighted by atomic mass is 9.81. The fraction of sp³-hybridized carbons (Fsp3) is 1.00. The predicted octanol–water partition coefficient (Wildman–Crippen LogP) is 2.01. The second kappa shape index (κ2) is 6.17. The summed E-state index contributed by atoms with van der Waals surface area (Å²) in [6.45, 7) is 7.16. The van der Waals surface area contributed by atoms with Crippen LogP contribution in [0.25, 0.3) is 0 Å². The van der Waals surface area contributed by atoms with E-state index in [1.807, 2.05) is 0 Å². The van der Waals surface area contributed by atoms with Crippen LogP contribution in [0.5, 0.6) is 0 Å². The second-order valence-electron chi connectivity index (χ2n) is 5.86. The lowest BCUT2D eigenvalue weighted by molar-refractivity contribution is -0.0274. The highest BCUT2D eigenvalue weighted by Crippen LogP contribution is 2.32. The van der Waals surface area contributed by atoms with E-state index in [0.717, 1.165) is 38.9 Å². The zero-order valence-corrected chi connectivity index (χ0v) is 11.3. The molecule has 3 nitrogen and oxygen atoms in total. The predicted molar refractivity (Wildman–Crippen MR) is 71.0 cm³/mol. The minimum atomic E-state index is 0.233. The van der Waals surface area contributed by atoms with Crippen molar-refractivity contribution in [1.82, 2.24) is 4.90 Å². The Morgan fingerprint density at radius 1 is 1.29 bits per heavy atom. The van der Waals surface area contributed by atoms with Crippen molar-refractivity contribution in [3.05, 3.63) is 0 Å². The summed E-state index contributed by atoms with van der Waals surface area (Å²) in [5, 5.41) is 0. The Labute approximate surface area is 106 Å². The molecule has 100 valence electrons. The number of hydrogen-bond acceptors (Lipinski definition) is 3. The summed E-state index contributed by atoms with van der Waals surface area (Å²) in [5.74, 6) is 0. The van der Waals surface area contributed by atoms with Gasteiger partial charge < -0.3 is 10.5 Å². The van der Waals surface area contributed by atoms with E-state index in [0.29, 0.717) is 0 Å². The van der Waals surface area contributed by atoms with Crippen LogP contribution in [0.2, 0.25) is 0 Å². The molecule has 2 rings (SSSR count). The van der Waals surface area contributed by atoms with Crippen molar-refractivity contribution in [1.29, 1.82) is 0 Å². The van der Waals surface area contributed by atoms with Gasteiger partial charge in [0.2, 0.25) is 0 Å². The van der Waals surface area contributed by atoms with E-state index < -0.39 is 0 Å². The Hall–Kier alpha value is -0.120. The molecule has 0 amide bonds. The molecule has 1 heterocycles. The van der Waals surface area contributed by atoms with E-state index in [9.17, 15) is 0 Å². The summed E-state index contributed by atoms with van der Waals surface area (Å²) in [5.41, 5.74) is 6.27.